The van der Waals surface area contributed by atoms with E-state index in [-0.39, 0.29) is 6.04 Å². The monoisotopic (exact) mass is 269 g/mol. The fraction of sp³-hybridized carbons (Fsp3) is 0.333. The van der Waals surface area contributed by atoms with E-state index in [1.54, 1.807) is 0 Å². The lowest BCUT2D eigenvalue weighted by Gasteiger charge is -2.20. The minimum atomic E-state index is 0.156. The molecule has 0 saturated heterocycles. The first-order valence-corrected chi connectivity index (χ1v) is 7.21. The van der Waals surface area contributed by atoms with E-state index in [4.69, 9.17) is 4.74 Å². The van der Waals surface area contributed by atoms with Gasteiger partial charge < -0.3 is 10.1 Å². The molecule has 0 aliphatic rings. The molecule has 0 fully saturated rings. The Labute approximate surface area is 121 Å². The van der Waals surface area contributed by atoms with Crippen LogP contribution < -0.4 is 10.1 Å². The van der Waals surface area contributed by atoms with Gasteiger partial charge in [-0.25, -0.2) is 0 Å². The Hall–Kier alpha value is -1.80. The van der Waals surface area contributed by atoms with Crippen LogP contribution in [0.3, 0.4) is 0 Å². The van der Waals surface area contributed by atoms with Crippen LogP contribution in [0.1, 0.15) is 36.1 Å². The van der Waals surface area contributed by atoms with Gasteiger partial charge in [0, 0.05) is 5.56 Å². The zero-order valence-electron chi connectivity index (χ0n) is 12.5. The molecular weight excluding hydrogens is 246 g/mol. The Morgan fingerprint density at radius 1 is 1.05 bits per heavy atom. The van der Waals surface area contributed by atoms with Crippen LogP contribution in [0.25, 0.3) is 0 Å². The number of aryl methyl sites for hydroxylation is 1. The molecule has 0 heterocycles. The fourth-order valence-electron chi connectivity index (χ4n) is 2.32. The van der Waals surface area contributed by atoms with Gasteiger partial charge in [-0.2, -0.15) is 0 Å². The number of rotatable bonds is 6. The van der Waals surface area contributed by atoms with Gasteiger partial charge in [0.2, 0.25) is 0 Å². The summed E-state index contributed by atoms with van der Waals surface area (Å²) in [6.45, 7) is 4.98. The van der Waals surface area contributed by atoms with Crippen LogP contribution in [-0.4, -0.2) is 13.7 Å². The van der Waals surface area contributed by atoms with Crippen molar-refractivity contribution in [3.05, 3.63) is 65.2 Å². The van der Waals surface area contributed by atoms with Crippen molar-refractivity contribution in [3.63, 3.8) is 0 Å². The van der Waals surface area contributed by atoms with Crippen LogP contribution in [0, 0.1) is 6.92 Å². The molecule has 1 unspecified atom stereocenters. The number of hydrogen-bond acceptors (Lipinski definition) is 2. The van der Waals surface area contributed by atoms with E-state index in [1.165, 1.54) is 16.7 Å². The Balaban J connectivity index is 2.33. The molecule has 0 aliphatic carbocycles. The van der Waals surface area contributed by atoms with Crippen molar-refractivity contribution in [2.75, 3.05) is 13.7 Å². The van der Waals surface area contributed by atoms with Gasteiger partial charge in [0.15, 0.2) is 0 Å². The molecule has 2 rings (SSSR count). The second kappa shape index (κ2) is 7.11. The van der Waals surface area contributed by atoms with Crippen LogP contribution in [0.15, 0.2) is 48.5 Å². The average molecular weight is 269 g/mol. The number of ether oxygens (including phenoxy) is 1. The molecule has 2 heteroatoms. The fourth-order valence-corrected chi connectivity index (χ4v) is 2.32. The topological polar surface area (TPSA) is 21.3 Å². The maximum atomic E-state index is 5.87. The molecule has 0 aromatic heterocycles. The normalized spacial score (nSPS) is 12.2. The molecule has 0 aliphatic heterocycles. The lowest BCUT2D eigenvalue weighted by Crippen LogP contribution is -2.18. The zero-order valence-corrected chi connectivity index (χ0v) is 12.5. The summed E-state index contributed by atoms with van der Waals surface area (Å²) < 4.78 is 5.87. The molecule has 2 nitrogen and oxygen atoms in total. The summed E-state index contributed by atoms with van der Waals surface area (Å²) in [5, 5.41) is 3.39. The summed E-state index contributed by atoms with van der Waals surface area (Å²) in [7, 11) is 1.99. The van der Waals surface area contributed by atoms with E-state index in [0.717, 1.165) is 18.8 Å². The highest BCUT2D eigenvalue weighted by Crippen LogP contribution is 2.30. The molecule has 0 amide bonds. The van der Waals surface area contributed by atoms with Crippen molar-refractivity contribution in [1.29, 1.82) is 0 Å². The molecule has 106 valence electrons. The Kier molecular flexibility index (Phi) is 5.19. The first kappa shape index (κ1) is 14.6. The van der Waals surface area contributed by atoms with Crippen LogP contribution >= 0.6 is 0 Å². The van der Waals surface area contributed by atoms with Gasteiger partial charge in [-0.05, 0) is 32.0 Å². The zero-order chi connectivity index (χ0) is 14.4. The van der Waals surface area contributed by atoms with Crippen LogP contribution in [0.4, 0.5) is 0 Å². The second-order valence-electron chi connectivity index (χ2n) is 5.02. The number of para-hydroxylation sites is 1. The van der Waals surface area contributed by atoms with E-state index >= 15 is 0 Å². The van der Waals surface area contributed by atoms with Gasteiger partial charge in [-0.15, -0.1) is 0 Å². The van der Waals surface area contributed by atoms with Gasteiger partial charge in [-0.3, -0.25) is 0 Å². The van der Waals surface area contributed by atoms with E-state index in [0.29, 0.717) is 0 Å². The third-order valence-electron chi connectivity index (χ3n) is 3.39. The van der Waals surface area contributed by atoms with E-state index < -0.39 is 0 Å². The molecule has 20 heavy (non-hydrogen) atoms. The van der Waals surface area contributed by atoms with Gasteiger partial charge >= 0.3 is 0 Å². The summed E-state index contributed by atoms with van der Waals surface area (Å²) >= 11 is 0. The van der Waals surface area contributed by atoms with Crippen molar-refractivity contribution in [2.45, 2.75) is 26.3 Å². The molecular formula is C18H23NO. The first-order chi connectivity index (χ1) is 9.76. The summed E-state index contributed by atoms with van der Waals surface area (Å²) in [5.74, 6) is 0.967. The maximum Gasteiger partial charge on any atom is 0.124 e. The van der Waals surface area contributed by atoms with E-state index in [9.17, 15) is 0 Å². The molecule has 0 spiro atoms. The molecule has 0 radical (unpaired) electrons. The van der Waals surface area contributed by atoms with E-state index in [1.807, 2.05) is 19.2 Å². The van der Waals surface area contributed by atoms with Crippen molar-refractivity contribution in [2.24, 2.45) is 0 Å². The minimum absolute atomic E-state index is 0.156. The Morgan fingerprint density at radius 2 is 1.75 bits per heavy atom. The SMILES string of the molecule is CCCOc1ccccc1C(NC)c1ccc(C)cc1. The second-order valence-corrected chi connectivity index (χ2v) is 5.02. The van der Waals surface area contributed by atoms with Crippen LogP contribution in [0.2, 0.25) is 0 Å². The van der Waals surface area contributed by atoms with Gasteiger partial charge in [0.25, 0.3) is 0 Å². The van der Waals surface area contributed by atoms with Crippen LogP contribution in [0.5, 0.6) is 5.75 Å². The predicted octanol–water partition coefficient (Wildman–Crippen LogP) is 4.09. The Bertz CT molecular complexity index is 533. The number of benzene rings is 2. The molecule has 0 saturated carbocycles. The quantitative estimate of drug-likeness (QED) is 0.852. The largest absolute Gasteiger partial charge is 0.493 e. The highest BCUT2D eigenvalue weighted by atomic mass is 16.5. The highest BCUT2D eigenvalue weighted by molar-refractivity contribution is 5.42. The minimum Gasteiger partial charge on any atom is -0.493 e. The summed E-state index contributed by atoms with van der Waals surface area (Å²) in [6.07, 6.45) is 1.02. The predicted molar refractivity (Wildman–Crippen MR) is 84.3 cm³/mol. The smallest absolute Gasteiger partial charge is 0.124 e. The van der Waals surface area contributed by atoms with Crippen LogP contribution in [-0.2, 0) is 0 Å². The van der Waals surface area contributed by atoms with Gasteiger partial charge in [-0.1, -0.05) is 55.0 Å². The third kappa shape index (κ3) is 3.40. The third-order valence-corrected chi connectivity index (χ3v) is 3.39. The van der Waals surface area contributed by atoms with E-state index in [2.05, 4.69) is 55.6 Å². The maximum absolute atomic E-state index is 5.87. The standard InChI is InChI=1S/C18H23NO/c1-4-13-20-17-8-6-5-7-16(17)18(19-3)15-11-9-14(2)10-12-15/h5-12,18-19H,4,13H2,1-3H3. The summed E-state index contributed by atoms with van der Waals surface area (Å²) in [5.41, 5.74) is 3.72. The lowest BCUT2D eigenvalue weighted by atomic mass is 9.97. The van der Waals surface area contributed by atoms with Crippen molar-refractivity contribution < 1.29 is 4.74 Å². The van der Waals surface area contributed by atoms with Gasteiger partial charge in [0.1, 0.15) is 5.75 Å². The summed E-state index contributed by atoms with van der Waals surface area (Å²) in [4.78, 5) is 0. The number of hydrogen-bond donors (Lipinski definition) is 1. The van der Waals surface area contributed by atoms with Gasteiger partial charge in [0.05, 0.1) is 12.6 Å². The number of nitrogens with one attached hydrogen (secondary N) is 1. The Morgan fingerprint density at radius 3 is 2.40 bits per heavy atom. The molecule has 2 aromatic carbocycles. The van der Waals surface area contributed by atoms with Crippen molar-refractivity contribution in [1.82, 2.24) is 5.32 Å². The van der Waals surface area contributed by atoms with Crippen molar-refractivity contribution >= 4 is 0 Å². The lowest BCUT2D eigenvalue weighted by molar-refractivity contribution is 0.312. The average Bonchev–Trinajstić information content (AvgIpc) is 2.49. The molecule has 0 bridgehead atoms. The molecule has 1 atom stereocenters. The molecule has 2 aromatic rings. The first-order valence-electron chi connectivity index (χ1n) is 7.21. The van der Waals surface area contributed by atoms with Crippen molar-refractivity contribution in [3.8, 4) is 5.75 Å². The summed E-state index contributed by atoms with van der Waals surface area (Å²) in [6, 6.07) is 17.1. The molecule has 1 N–H and O–H groups in total. The highest BCUT2D eigenvalue weighted by Gasteiger charge is 2.16.